The zero-order chi connectivity index (χ0) is 16.3. The molecule has 0 bridgehead atoms. The highest BCUT2D eigenvalue weighted by Crippen LogP contribution is 2.34. The summed E-state index contributed by atoms with van der Waals surface area (Å²) < 4.78 is 44.9. The molecule has 0 amide bonds. The summed E-state index contributed by atoms with van der Waals surface area (Å²) in [5.74, 6) is -0.566. The number of sulfonamides is 1. The monoisotopic (exact) mass is 331 g/mol. The molecule has 0 saturated carbocycles. The third kappa shape index (κ3) is 4.25. The van der Waals surface area contributed by atoms with Gasteiger partial charge < -0.3 is 9.84 Å². The van der Waals surface area contributed by atoms with Crippen molar-refractivity contribution in [3.05, 3.63) is 35.6 Å². The molecule has 2 atom stereocenters. The van der Waals surface area contributed by atoms with E-state index in [-0.39, 0.29) is 31.4 Å². The number of benzene rings is 1. The van der Waals surface area contributed by atoms with Crippen LogP contribution < -0.4 is 0 Å². The number of hydrogen-bond acceptors (Lipinski definition) is 4. The van der Waals surface area contributed by atoms with Gasteiger partial charge >= 0.3 is 0 Å². The van der Waals surface area contributed by atoms with Crippen molar-refractivity contribution in [2.24, 2.45) is 0 Å². The molecule has 0 aromatic heterocycles. The van der Waals surface area contributed by atoms with Gasteiger partial charge in [-0.05, 0) is 38.0 Å². The fourth-order valence-electron chi connectivity index (χ4n) is 2.61. The molecule has 1 aliphatic rings. The van der Waals surface area contributed by atoms with E-state index in [0.717, 1.165) is 0 Å². The molecule has 1 fully saturated rings. The van der Waals surface area contributed by atoms with Crippen molar-refractivity contribution in [3.63, 3.8) is 0 Å². The molecule has 5 nitrogen and oxygen atoms in total. The Labute approximate surface area is 130 Å². The number of hydrogen-bond donors (Lipinski definition) is 1. The van der Waals surface area contributed by atoms with Gasteiger partial charge in [0.05, 0.1) is 30.6 Å². The Morgan fingerprint density at radius 2 is 2.18 bits per heavy atom. The second kappa shape index (κ2) is 7.04. The van der Waals surface area contributed by atoms with Crippen LogP contribution in [0.25, 0.3) is 0 Å². The molecule has 124 valence electrons. The largest absolute Gasteiger partial charge is 0.392 e. The summed E-state index contributed by atoms with van der Waals surface area (Å²) in [5, 5.41) is 9.85. The molecule has 0 spiro atoms. The molecule has 0 unspecified atom stereocenters. The van der Waals surface area contributed by atoms with E-state index in [1.807, 2.05) is 13.8 Å². The molecule has 1 heterocycles. The highest BCUT2D eigenvalue weighted by atomic mass is 32.2. The van der Waals surface area contributed by atoms with Crippen LogP contribution in [0, 0.1) is 5.82 Å². The normalized spacial score (nSPS) is 23.3. The highest BCUT2D eigenvalue weighted by Gasteiger charge is 2.39. The fraction of sp³-hybridized carbons (Fsp3) is 0.600. The molecule has 1 N–H and O–H groups in total. The molecule has 7 heteroatoms. The van der Waals surface area contributed by atoms with Crippen LogP contribution in [-0.4, -0.2) is 48.9 Å². The summed E-state index contributed by atoms with van der Waals surface area (Å²) >= 11 is 0. The van der Waals surface area contributed by atoms with Crippen molar-refractivity contribution in [2.75, 3.05) is 18.9 Å². The number of rotatable bonds is 6. The first-order valence-electron chi connectivity index (χ1n) is 7.34. The minimum absolute atomic E-state index is 0.0329. The number of ether oxygens (including phenoxy) is 1. The summed E-state index contributed by atoms with van der Waals surface area (Å²) in [7, 11) is -3.57. The van der Waals surface area contributed by atoms with Gasteiger partial charge in [-0.3, -0.25) is 0 Å². The first-order chi connectivity index (χ1) is 10.3. The molecule has 0 radical (unpaired) electrons. The molecular weight excluding hydrogens is 309 g/mol. The van der Waals surface area contributed by atoms with Crippen LogP contribution in [0.5, 0.6) is 0 Å². The standard InChI is InChI=1S/C15H22FNO4S/c1-11(2)21-6-7-22(19,20)17-10-14(18)9-15(17)12-4-3-5-13(16)8-12/h3-5,8,11,14-15,18H,6-7,9-10H2,1-2H3/t14-,15-/m1/s1. The van der Waals surface area contributed by atoms with Gasteiger partial charge in [0.15, 0.2) is 0 Å². The van der Waals surface area contributed by atoms with Crippen molar-refractivity contribution in [2.45, 2.75) is 38.5 Å². The highest BCUT2D eigenvalue weighted by molar-refractivity contribution is 7.89. The third-order valence-electron chi connectivity index (χ3n) is 3.62. The van der Waals surface area contributed by atoms with E-state index in [1.54, 1.807) is 12.1 Å². The third-order valence-corrected chi connectivity index (χ3v) is 5.42. The molecule has 1 aromatic carbocycles. The molecule has 1 aromatic rings. The van der Waals surface area contributed by atoms with Crippen LogP contribution >= 0.6 is 0 Å². The van der Waals surface area contributed by atoms with Gasteiger partial charge in [0.25, 0.3) is 0 Å². The van der Waals surface area contributed by atoms with E-state index in [0.29, 0.717) is 5.56 Å². The van der Waals surface area contributed by atoms with Crippen molar-refractivity contribution in [1.29, 1.82) is 0 Å². The van der Waals surface area contributed by atoms with Crippen LogP contribution in [0.3, 0.4) is 0 Å². The smallest absolute Gasteiger partial charge is 0.217 e. The number of β-amino-alcohol motifs (C(OH)–C–C–N with tert-alkyl or cyclic N) is 1. The van der Waals surface area contributed by atoms with Gasteiger partial charge in [-0.2, -0.15) is 4.31 Å². The quantitative estimate of drug-likeness (QED) is 0.861. The first-order valence-corrected chi connectivity index (χ1v) is 8.95. The Bertz CT molecular complexity index is 605. The Hall–Kier alpha value is -1.02. The topological polar surface area (TPSA) is 66.8 Å². The maximum atomic E-state index is 13.4. The summed E-state index contributed by atoms with van der Waals surface area (Å²) in [5.41, 5.74) is 0.560. The van der Waals surface area contributed by atoms with Gasteiger partial charge in [0.1, 0.15) is 5.82 Å². The lowest BCUT2D eigenvalue weighted by atomic mass is 10.0. The summed E-state index contributed by atoms with van der Waals surface area (Å²) in [4.78, 5) is 0. The molecule has 2 rings (SSSR count). The second-order valence-electron chi connectivity index (χ2n) is 5.77. The van der Waals surface area contributed by atoms with E-state index in [9.17, 15) is 17.9 Å². The van der Waals surface area contributed by atoms with Gasteiger partial charge in [0, 0.05) is 6.54 Å². The Kier molecular flexibility index (Phi) is 5.55. The van der Waals surface area contributed by atoms with Crippen LogP contribution in [0.15, 0.2) is 24.3 Å². The van der Waals surface area contributed by atoms with Gasteiger partial charge in [-0.25, -0.2) is 12.8 Å². The summed E-state index contributed by atoms with van der Waals surface area (Å²) in [6, 6.07) is 5.32. The van der Waals surface area contributed by atoms with E-state index < -0.39 is 28.0 Å². The first kappa shape index (κ1) is 17.3. The van der Waals surface area contributed by atoms with Crippen molar-refractivity contribution in [1.82, 2.24) is 4.31 Å². The molecule has 1 saturated heterocycles. The van der Waals surface area contributed by atoms with Crippen LogP contribution in [0.1, 0.15) is 31.9 Å². The number of aliphatic hydroxyl groups is 1. The SMILES string of the molecule is CC(C)OCCS(=O)(=O)N1C[C@H](O)C[C@@H]1c1cccc(F)c1. The molecule has 0 aliphatic carbocycles. The molecular formula is C15H22FNO4S. The predicted octanol–water partition coefficient (Wildman–Crippen LogP) is 1.69. The van der Waals surface area contributed by atoms with E-state index in [1.165, 1.54) is 16.4 Å². The van der Waals surface area contributed by atoms with E-state index in [4.69, 9.17) is 4.74 Å². The van der Waals surface area contributed by atoms with Crippen LogP contribution in [0.2, 0.25) is 0 Å². The fourth-order valence-corrected chi connectivity index (χ4v) is 4.15. The van der Waals surface area contributed by atoms with E-state index in [2.05, 4.69) is 0 Å². The van der Waals surface area contributed by atoms with Gasteiger partial charge in [-0.1, -0.05) is 12.1 Å². The Morgan fingerprint density at radius 3 is 2.82 bits per heavy atom. The van der Waals surface area contributed by atoms with Crippen molar-refractivity contribution in [3.8, 4) is 0 Å². The minimum atomic E-state index is -3.57. The van der Waals surface area contributed by atoms with Crippen LogP contribution in [-0.2, 0) is 14.8 Å². The number of halogens is 1. The molecule has 22 heavy (non-hydrogen) atoms. The summed E-state index contributed by atoms with van der Waals surface area (Å²) in [6.07, 6.45) is -0.513. The van der Waals surface area contributed by atoms with Gasteiger partial charge in [0.2, 0.25) is 10.0 Å². The second-order valence-corrected chi connectivity index (χ2v) is 7.81. The van der Waals surface area contributed by atoms with Crippen molar-refractivity contribution < 1.29 is 22.7 Å². The van der Waals surface area contributed by atoms with E-state index >= 15 is 0 Å². The average Bonchev–Trinajstić information content (AvgIpc) is 2.81. The average molecular weight is 331 g/mol. The lowest BCUT2D eigenvalue weighted by Gasteiger charge is -2.24. The van der Waals surface area contributed by atoms with Crippen LogP contribution in [0.4, 0.5) is 4.39 Å². The Balaban J connectivity index is 2.16. The lowest BCUT2D eigenvalue weighted by molar-refractivity contribution is 0.0905. The predicted molar refractivity (Wildman–Crippen MR) is 81.3 cm³/mol. The number of nitrogens with zero attached hydrogens (tertiary/aromatic N) is 1. The lowest BCUT2D eigenvalue weighted by Crippen LogP contribution is -2.35. The van der Waals surface area contributed by atoms with Crippen molar-refractivity contribution >= 4 is 10.0 Å². The zero-order valence-corrected chi connectivity index (χ0v) is 13.6. The maximum absolute atomic E-state index is 13.4. The number of aliphatic hydroxyl groups excluding tert-OH is 1. The van der Waals surface area contributed by atoms with Gasteiger partial charge in [-0.15, -0.1) is 0 Å². The molecule has 1 aliphatic heterocycles. The zero-order valence-electron chi connectivity index (χ0n) is 12.8. The summed E-state index contributed by atoms with van der Waals surface area (Å²) in [6.45, 7) is 3.80. The maximum Gasteiger partial charge on any atom is 0.217 e. The minimum Gasteiger partial charge on any atom is -0.392 e. The Morgan fingerprint density at radius 1 is 1.45 bits per heavy atom.